The number of thiophene rings is 1. The summed E-state index contributed by atoms with van der Waals surface area (Å²) in [6.07, 6.45) is 4.01. The maximum absolute atomic E-state index is 12.3. The van der Waals surface area contributed by atoms with Gasteiger partial charge in [0.25, 0.3) is 0 Å². The number of hydrogen-bond donors (Lipinski definition) is 0. The average Bonchev–Trinajstić information content (AvgIpc) is 2.87. The highest BCUT2D eigenvalue weighted by Crippen LogP contribution is 2.23. The summed E-state index contributed by atoms with van der Waals surface area (Å²) in [6.45, 7) is 0.725. The lowest BCUT2D eigenvalue weighted by molar-refractivity contribution is 0.0969. The van der Waals surface area contributed by atoms with E-state index in [1.807, 2.05) is 11.4 Å². The van der Waals surface area contributed by atoms with Crippen LogP contribution in [0.2, 0.25) is 0 Å². The van der Waals surface area contributed by atoms with E-state index >= 15 is 0 Å². The predicted octanol–water partition coefficient (Wildman–Crippen LogP) is 2.48. The van der Waals surface area contributed by atoms with Crippen LogP contribution < -0.4 is 5.69 Å². The lowest BCUT2D eigenvalue weighted by Gasteiger charge is -1.99. The number of nitrogens with zero attached hydrogens (tertiary/aromatic N) is 3. The molecule has 1 aliphatic rings. The Labute approximate surface area is 128 Å². The topological polar surface area (TPSA) is 56.9 Å². The number of hydrogen-bond acceptors (Lipinski definition) is 4. The zero-order valence-corrected chi connectivity index (χ0v) is 13.2. The van der Waals surface area contributed by atoms with Gasteiger partial charge in [0.05, 0.1) is 4.88 Å². The number of Topliss-reactive ketones (excluding diaryl/α,β-unsaturated/α-hetero) is 1. The molecule has 3 rings (SSSR count). The van der Waals surface area contributed by atoms with Gasteiger partial charge < -0.3 is 0 Å². The molecule has 2 aromatic heterocycles. The molecule has 0 aliphatic carbocycles. The third-order valence-electron chi connectivity index (χ3n) is 3.45. The van der Waals surface area contributed by atoms with Crippen molar-refractivity contribution in [2.24, 2.45) is 0 Å². The minimum Gasteiger partial charge on any atom is -0.291 e. The van der Waals surface area contributed by atoms with Crippen LogP contribution in [0.5, 0.6) is 0 Å². The first-order chi connectivity index (χ1) is 9.66. The molecular weight excluding hydrogens is 342 g/mol. The van der Waals surface area contributed by atoms with Crippen molar-refractivity contribution in [2.75, 3.05) is 0 Å². The van der Waals surface area contributed by atoms with Crippen molar-refractivity contribution in [3.63, 3.8) is 0 Å². The van der Waals surface area contributed by atoms with Crippen LogP contribution in [0, 0.1) is 0 Å². The van der Waals surface area contributed by atoms with Crippen LogP contribution in [-0.2, 0) is 19.5 Å². The predicted molar refractivity (Wildman–Crippen MR) is 80.4 cm³/mol. The highest BCUT2D eigenvalue weighted by atomic mass is 79.9. The van der Waals surface area contributed by atoms with Gasteiger partial charge in [-0.2, -0.15) is 5.10 Å². The summed E-state index contributed by atoms with van der Waals surface area (Å²) in [4.78, 5) is 25.1. The molecular formula is C13H14BrN3O2S. The van der Waals surface area contributed by atoms with Crippen LogP contribution in [0.15, 0.2) is 20.7 Å². The minimum absolute atomic E-state index is 0.0119. The van der Waals surface area contributed by atoms with Gasteiger partial charge in [0, 0.05) is 17.4 Å². The molecule has 0 radical (unpaired) electrons. The number of rotatable bonds is 3. The van der Waals surface area contributed by atoms with Gasteiger partial charge in [-0.05, 0) is 40.2 Å². The molecule has 7 heteroatoms. The fraction of sp³-hybridized carbons (Fsp3) is 0.462. The van der Waals surface area contributed by atoms with Crippen LogP contribution in [0.25, 0.3) is 0 Å². The van der Waals surface area contributed by atoms with Gasteiger partial charge in [0.15, 0.2) is 5.78 Å². The van der Waals surface area contributed by atoms with E-state index in [9.17, 15) is 9.59 Å². The molecule has 0 aromatic carbocycles. The molecule has 0 saturated carbocycles. The van der Waals surface area contributed by atoms with Crippen LogP contribution in [0.4, 0.5) is 0 Å². The zero-order chi connectivity index (χ0) is 14.1. The van der Waals surface area contributed by atoms with Gasteiger partial charge in [-0.25, -0.2) is 9.48 Å². The normalized spacial score (nSPS) is 14.8. The lowest BCUT2D eigenvalue weighted by Crippen LogP contribution is -2.27. The van der Waals surface area contributed by atoms with Gasteiger partial charge in [-0.15, -0.1) is 11.3 Å². The summed E-state index contributed by atoms with van der Waals surface area (Å²) in [5.41, 5.74) is -0.164. The maximum Gasteiger partial charge on any atom is 0.346 e. The number of ketones is 1. The number of aromatic nitrogens is 3. The smallest absolute Gasteiger partial charge is 0.291 e. The summed E-state index contributed by atoms with van der Waals surface area (Å²) in [5, 5.41) is 6.18. The van der Waals surface area contributed by atoms with Gasteiger partial charge >= 0.3 is 5.69 Å². The van der Waals surface area contributed by atoms with Crippen molar-refractivity contribution < 1.29 is 4.79 Å². The molecule has 0 amide bonds. The van der Waals surface area contributed by atoms with Crippen molar-refractivity contribution in [2.45, 2.75) is 38.8 Å². The summed E-state index contributed by atoms with van der Waals surface area (Å²) in [7, 11) is 0. The fourth-order valence-electron chi connectivity index (χ4n) is 2.43. The Morgan fingerprint density at radius 1 is 1.40 bits per heavy atom. The highest BCUT2D eigenvalue weighted by Gasteiger charge is 2.19. The van der Waals surface area contributed by atoms with Crippen molar-refractivity contribution in [3.8, 4) is 0 Å². The Morgan fingerprint density at radius 2 is 2.25 bits per heavy atom. The van der Waals surface area contributed by atoms with E-state index in [0.717, 1.165) is 36.0 Å². The summed E-state index contributed by atoms with van der Waals surface area (Å²) in [6, 6.07) is 1.84. The van der Waals surface area contributed by atoms with E-state index in [2.05, 4.69) is 21.0 Å². The minimum atomic E-state index is -0.164. The van der Waals surface area contributed by atoms with E-state index in [0.29, 0.717) is 11.4 Å². The lowest BCUT2D eigenvalue weighted by atomic mass is 10.2. The number of aryl methyl sites for hydroxylation is 1. The van der Waals surface area contributed by atoms with Crippen molar-refractivity contribution in [3.05, 3.63) is 37.1 Å². The van der Waals surface area contributed by atoms with E-state index < -0.39 is 0 Å². The second-order valence-corrected chi connectivity index (χ2v) is 6.61. The SMILES string of the molecule is O=C(Cn1nc2n(c1=O)CCCCC2)c1sccc1Br. The summed E-state index contributed by atoms with van der Waals surface area (Å²) in [5.74, 6) is 0.729. The first kappa shape index (κ1) is 13.8. The first-order valence-electron chi connectivity index (χ1n) is 6.59. The molecule has 0 spiro atoms. The maximum atomic E-state index is 12.3. The molecule has 0 N–H and O–H groups in total. The average molecular weight is 356 g/mol. The Balaban J connectivity index is 1.87. The van der Waals surface area contributed by atoms with Crippen LogP contribution >= 0.6 is 27.3 Å². The van der Waals surface area contributed by atoms with Crippen molar-refractivity contribution in [1.29, 1.82) is 0 Å². The number of halogens is 1. The quantitative estimate of drug-likeness (QED) is 0.794. The number of carbonyl (C=O) groups excluding carboxylic acids is 1. The molecule has 1 aliphatic heterocycles. The molecule has 20 heavy (non-hydrogen) atoms. The van der Waals surface area contributed by atoms with Crippen molar-refractivity contribution >= 4 is 33.0 Å². The van der Waals surface area contributed by atoms with E-state index in [1.165, 1.54) is 16.0 Å². The molecule has 0 atom stereocenters. The van der Waals surface area contributed by atoms with Crippen molar-refractivity contribution in [1.82, 2.24) is 14.3 Å². The summed E-state index contributed by atoms with van der Waals surface area (Å²) >= 11 is 4.72. The second-order valence-electron chi connectivity index (χ2n) is 4.84. The fourth-order valence-corrected chi connectivity index (χ4v) is 3.95. The molecule has 0 bridgehead atoms. The van der Waals surface area contributed by atoms with Gasteiger partial charge in [-0.3, -0.25) is 9.36 Å². The third kappa shape index (κ3) is 2.52. The second kappa shape index (κ2) is 5.65. The molecule has 5 nitrogen and oxygen atoms in total. The monoisotopic (exact) mass is 355 g/mol. The third-order valence-corrected chi connectivity index (χ3v) is 5.32. The molecule has 3 heterocycles. The Hall–Kier alpha value is -1.21. The van der Waals surface area contributed by atoms with E-state index in [1.54, 1.807) is 4.57 Å². The molecule has 106 valence electrons. The van der Waals surface area contributed by atoms with Crippen LogP contribution in [0.3, 0.4) is 0 Å². The molecule has 0 fully saturated rings. The zero-order valence-electron chi connectivity index (χ0n) is 10.8. The van der Waals surface area contributed by atoms with E-state index in [-0.39, 0.29) is 18.0 Å². The molecule has 0 unspecified atom stereocenters. The van der Waals surface area contributed by atoms with Crippen LogP contribution in [0.1, 0.15) is 34.8 Å². The largest absolute Gasteiger partial charge is 0.346 e. The van der Waals surface area contributed by atoms with Crippen LogP contribution in [-0.4, -0.2) is 20.1 Å². The molecule has 2 aromatic rings. The standard InChI is InChI=1S/C13H14BrN3O2S/c14-9-5-7-20-12(9)10(18)8-17-13(19)16-6-3-1-2-4-11(16)15-17/h5,7H,1-4,6,8H2. The van der Waals surface area contributed by atoms with Gasteiger partial charge in [-0.1, -0.05) is 6.42 Å². The number of fused-ring (bicyclic) bond motifs is 1. The summed E-state index contributed by atoms with van der Waals surface area (Å²) < 4.78 is 3.79. The first-order valence-corrected chi connectivity index (χ1v) is 8.27. The Morgan fingerprint density at radius 3 is 3.00 bits per heavy atom. The van der Waals surface area contributed by atoms with Gasteiger partial charge in [0.1, 0.15) is 12.4 Å². The van der Waals surface area contributed by atoms with E-state index in [4.69, 9.17) is 0 Å². The Kier molecular flexibility index (Phi) is 3.89. The Bertz CT molecular complexity index is 701. The molecule has 0 saturated heterocycles. The van der Waals surface area contributed by atoms with Gasteiger partial charge in [0.2, 0.25) is 0 Å². The highest BCUT2D eigenvalue weighted by molar-refractivity contribution is 9.10. The number of carbonyl (C=O) groups is 1.